The van der Waals surface area contributed by atoms with Gasteiger partial charge in [0.25, 0.3) is 0 Å². The molecule has 2 saturated carbocycles. The summed E-state index contributed by atoms with van der Waals surface area (Å²) in [6.45, 7) is 2.19. The number of hydrogen-bond donors (Lipinski definition) is 0. The van der Waals surface area contributed by atoms with Crippen molar-refractivity contribution >= 4 is 35.1 Å². The lowest BCUT2D eigenvalue weighted by Crippen LogP contribution is -2.40. The molecule has 2 bridgehead atoms. The number of hydrogen-bond acceptors (Lipinski definition) is 5. The highest BCUT2D eigenvalue weighted by atomic mass is 16.5. The maximum absolute atomic E-state index is 13.4. The Hall–Kier alpha value is -3.74. The highest BCUT2D eigenvalue weighted by Crippen LogP contribution is 2.65. The van der Waals surface area contributed by atoms with Gasteiger partial charge in [0.1, 0.15) is 5.75 Å². The summed E-state index contributed by atoms with van der Waals surface area (Å²) in [5, 5.41) is 0. The predicted octanol–water partition coefficient (Wildman–Crippen LogP) is 3.51. The number of esters is 1. The quantitative estimate of drug-likeness (QED) is 0.288. The molecule has 7 heteroatoms. The minimum Gasteiger partial charge on any atom is -0.426 e. The van der Waals surface area contributed by atoms with Crippen LogP contribution in [0.5, 0.6) is 5.75 Å². The number of allylic oxidation sites excluding steroid dienone is 2. The van der Waals surface area contributed by atoms with Gasteiger partial charge in [0, 0.05) is 24.7 Å². The predicted molar refractivity (Wildman–Crippen MR) is 131 cm³/mol. The molecule has 0 N–H and O–H groups in total. The third-order valence-electron chi connectivity index (χ3n) is 8.82. The van der Waals surface area contributed by atoms with Gasteiger partial charge < -0.3 is 9.64 Å². The summed E-state index contributed by atoms with van der Waals surface area (Å²) in [5.74, 6) is -0.389. The number of carbonyl (C=O) groups is 4. The summed E-state index contributed by atoms with van der Waals surface area (Å²) in [5.41, 5.74) is 2.20. The first-order valence-electron chi connectivity index (χ1n) is 12.7. The number of benzene rings is 2. The molecule has 2 heterocycles. The van der Waals surface area contributed by atoms with Crippen LogP contribution in [0.3, 0.4) is 0 Å². The van der Waals surface area contributed by atoms with E-state index in [2.05, 4.69) is 12.2 Å². The molecule has 8 rings (SSSR count). The SMILES string of the molecule is Cc1ccccc1N1C[C@H](C(=O)Oc2cccc(N3C(=O)[C@@H]4[C@H]5C=C[C@@H]([C@@H]6C[C@@H]56)[C@@H]4C3=O)c2)CC1=O. The second-order valence-electron chi connectivity index (χ2n) is 10.8. The molecule has 4 aliphatic carbocycles. The Morgan fingerprint density at radius 1 is 0.917 bits per heavy atom. The fraction of sp³-hybridized carbons (Fsp3) is 0.379. The molecule has 0 aromatic heterocycles. The molecule has 2 aromatic rings. The molecule has 7 atom stereocenters. The van der Waals surface area contributed by atoms with Gasteiger partial charge in [-0.05, 0) is 60.8 Å². The van der Waals surface area contributed by atoms with Gasteiger partial charge in [-0.3, -0.25) is 19.2 Å². The van der Waals surface area contributed by atoms with Crippen LogP contribution in [0.4, 0.5) is 11.4 Å². The number of amides is 3. The van der Waals surface area contributed by atoms with Gasteiger partial charge in [-0.1, -0.05) is 36.4 Å². The monoisotopic (exact) mass is 482 g/mol. The molecular formula is C29H26N2O5. The van der Waals surface area contributed by atoms with Gasteiger partial charge in [0.05, 0.1) is 23.4 Å². The number of aryl methyl sites for hydroxylation is 1. The molecule has 0 unspecified atom stereocenters. The van der Waals surface area contributed by atoms with Crippen LogP contribution in [0.2, 0.25) is 0 Å². The summed E-state index contributed by atoms with van der Waals surface area (Å²) in [4.78, 5) is 55.3. The number of anilines is 2. The molecule has 6 aliphatic rings. The minimum absolute atomic E-state index is 0.0808. The van der Waals surface area contributed by atoms with E-state index in [9.17, 15) is 19.2 Å². The summed E-state index contributed by atoms with van der Waals surface area (Å²) in [6.07, 6.45) is 5.50. The van der Waals surface area contributed by atoms with E-state index in [0.29, 0.717) is 17.5 Å². The highest BCUT2D eigenvalue weighted by Gasteiger charge is 2.67. The van der Waals surface area contributed by atoms with Crippen molar-refractivity contribution in [2.75, 3.05) is 16.3 Å². The normalized spacial score (nSPS) is 33.7. The molecule has 4 fully saturated rings. The lowest BCUT2D eigenvalue weighted by molar-refractivity contribution is -0.139. The number of carbonyl (C=O) groups excluding carboxylic acids is 4. The van der Waals surface area contributed by atoms with Gasteiger partial charge in [-0.15, -0.1) is 0 Å². The lowest BCUT2D eigenvalue weighted by Gasteiger charge is -2.37. The van der Waals surface area contributed by atoms with Crippen LogP contribution in [-0.2, 0) is 19.2 Å². The van der Waals surface area contributed by atoms with Crippen LogP contribution in [0.25, 0.3) is 0 Å². The van der Waals surface area contributed by atoms with Gasteiger partial charge in [0.15, 0.2) is 0 Å². The van der Waals surface area contributed by atoms with Crippen molar-refractivity contribution in [2.24, 2.45) is 41.4 Å². The molecular weight excluding hydrogens is 456 g/mol. The van der Waals surface area contributed by atoms with E-state index in [0.717, 1.165) is 17.7 Å². The van der Waals surface area contributed by atoms with E-state index in [1.54, 1.807) is 29.2 Å². The van der Waals surface area contributed by atoms with E-state index >= 15 is 0 Å². The first-order chi connectivity index (χ1) is 17.4. The molecule has 3 amide bonds. The minimum atomic E-state index is -0.591. The molecule has 0 radical (unpaired) electrons. The second-order valence-corrected chi connectivity index (χ2v) is 10.8. The summed E-state index contributed by atoms with van der Waals surface area (Å²) >= 11 is 0. The topological polar surface area (TPSA) is 84.0 Å². The number of imide groups is 1. The first-order valence-corrected chi connectivity index (χ1v) is 12.7. The Bertz CT molecular complexity index is 1330. The summed E-state index contributed by atoms with van der Waals surface area (Å²) in [6, 6.07) is 14.2. The third-order valence-corrected chi connectivity index (χ3v) is 8.82. The Morgan fingerprint density at radius 2 is 1.61 bits per heavy atom. The van der Waals surface area contributed by atoms with Crippen molar-refractivity contribution in [3.63, 3.8) is 0 Å². The number of ether oxygens (including phenoxy) is 1. The second kappa shape index (κ2) is 7.63. The average Bonchev–Trinajstić information content (AvgIpc) is 3.55. The first kappa shape index (κ1) is 21.5. The molecule has 182 valence electrons. The number of para-hydroxylation sites is 1. The molecule has 7 nitrogen and oxygen atoms in total. The van der Waals surface area contributed by atoms with E-state index in [-0.39, 0.29) is 60.1 Å². The van der Waals surface area contributed by atoms with E-state index in [1.165, 1.54) is 4.90 Å². The van der Waals surface area contributed by atoms with Crippen LogP contribution in [0.15, 0.2) is 60.7 Å². The maximum atomic E-state index is 13.4. The third kappa shape index (κ3) is 3.04. The maximum Gasteiger partial charge on any atom is 0.316 e. The lowest BCUT2D eigenvalue weighted by atomic mass is 9.63. The zero-order valence-corrected chi connectivity index (χ0v) is 19.9. The van der Waals surface area contributed by atoms with Crippen molar-refractivity contribution < 1.29 is 23.9 Å². The molecule has 36 heavy (non-hydrogen) atoms. The van der Waals surface area contributed by atoms with Crippen LogP contribution >= 0.6 is 0 Å². The smallest absolute Gasteiger partial charge is 0.316 e. The van der Waals surface area contributed by atoms with Crippen molar-refractivity contribution in [1.82, 2.24) is 0 Å². The molecule has 0 spiro atoms. The van der Waals surface area contributed by atoms with Crippen LogP contribution < -0.4 is 14.5 Å². The van der Waals surface area contributed by atoms with Crippen LogP contribution in [0.1, 0.15) is 18.4 Å². The van der Waals surface area contributed by atoms with E-state index < -0.39 is 11.9 Å². The van der Waals surface area contributed by atoms with E-state index in [1.807, 2.05) is 31.2 Å². The van der Waals surface area contributed by atoms with Crippen molar-refractivity contribution in [2.45, 2.75) is 19.8 Å². The van der Waals surface area contributed by atoms with Crippen LogP contribution in [0, 0.1) is 48.3 Å². The van der Waals surface area contributed by atoms with Crippen molar-refractivity contribution in [3.8, 4) is 5.75 Å². The molecule has 2 aromatic carbocycles. The Balaban J connectivity index is 1.08. The highest BCUT2D eigenvalue weighted by molar-refractivity contribution is 6.22. The fourth-order valence-corrected chi connectivity index (χ4v) is 7.06. The molecule has 2 saturated heterocycles. The average molecular weight is 483 g/mol. The van der Waals surface area contributed by atoms with Crippen molar-refractivity contribution in [3.05, 3.63) is 66.2 Å². The number of rotatable bonds is 4. The Kier molecular flexibility index (Phi) is 4.56. The van der Waals surface area contributed by atoms with Crippen LogP contribution in [-0.4, -0.2) is 30.2 Å². The summed E-state index contributed by atoms with van der Waals surface area (Å²) < 4.78 is 5.65. The van der Waals surface area contributed by atoms with Gasteiger partial charge in [-0.25, -0.2) is 4.90 Å². The Labute approximate surface area is 208 Å². The van der Waals surface area contributed by atoms with Gasteiger partial charge in [0.2, 0.25) is 17.7 Å². The summed E-state index contributed by atoms with van der Waals surface area (Å²) in [7, 11) is 0. The van der Waals surface area contributed by atoms with Gasteiger partial charge in [-0.2, -0.15) is 0 Å². The fourth-order valence-electron chi connectivity index (χ4n) is 7.06. The van der Waals surface area contributed by atoms with E-state index in [4.69, 9.17) is 4.74 Å². The Morgan fingerprint density at radius 3 is 2.31 bits per heavy atom. The zero-order chi connectivity index (χ0) is 24.7. The van der Waals surface area contributed by atoms with Gasteiger partial charge >= 0.3 is 5.97 Å². The van der Waals surface area contributed by atoms with Crippen molar-refractivity contribution in [1.29, 1.82) is 0 Å². The standard InChI is InChI=1S/C29H26N2O5/c1-15-5-2-3-8-23(15)30-14-16(11-24(30)32)29(35)36-18-7-4-6-17(12-18)31-27(33)25-19-9-10-20(22-13-21(19)22)26(25)28(31)34/h2-10,12,16,19-22,25-26H,11,13-14H2,1H3/t16-,19+,20+,21+,22+,25-,26+/m1/s1. The molecule has 2 aliphatic heterocycles. The largest absolute Gasteiger partial charge is 0.426 e. The number of nitrogens with zero attached hydrogens (tertiary/aromatic N) is 2. The zero-order valence-electron chi connectivity index (χ0n) is 19.9.